The van der Waals surface area contributed by atoms with E-state index in [1.54, 1.807) is 6.20 Å². The molecule has 1 aliphatic rings. The highest BCUT2D eigenvalue weighted by atomic mass is 32.1. The summed E-state index contributed by atoms with van der Waals surface area (Å²) in [5, 5.41) is 0.351. The van der Waals surface area contributed by atoms with Gasteiger partial charge in [-0.2, -0.15) is 0 Å². The molecule has 0 aliphatic heterocycles. The lowest BCUT2D eigenvalue weighted by Crippen LogP contribution is -2.26. The number of aromatic nitrogens is 1. The molecule has 6 heteroatoms. The Balaban J connectivity index is 2.15. The van der Waals surface area contributed by atoms with E-state index in [0.29, 0.717) is 11.6 Å². The normalized spacial score (nSPS) is 28.4. The van der Waals surface area contributed by atoms with E-state index in [2.05, 4.69) is 4.98 Å². The summed E-state index contributed by atoms with van der Waals surface area (Å²) in [5.41, 5.74) is 4.08. The molecule has 1 fully saturated rings. The van der Waals surface area contributed by atoms with Gasteiger partial charge < -0.3 is 10.6 Å². The maximum atomic E-state index is 13.0. The van der Waals surface area contributed by atoms with Gasteiger partial charge in [-0.1, -0.05) is 0 Å². The minimum Gasteiger partial charge on any atom is -0.314 e. The predicted molar refractivity (Wildman–Crippen MR) is 54.9 cm³/mol. The van der Waals surface area contributed by atoms with Crippen LogP contribution < -0.4 is 5.73 Å². The molecule has 0 saturated heterocycles. The summed E-state index contributed by atoms with van der Waals surface area (Å²) in [6.07, 6.45) is 1.35. The van der Waals surface area contributed by atoms with Crippen LogP contribution in [0.5, 0.6) is 0 Å². The van der Waals surface area contributed by atoms with Crippen molar-refractivity contribution < 1.29 is 8.78 Å². The largest absolute Gasteiger partial charge is 0.314 e. The molecule has 0 amide bonds. The predicted octanol–water partition coefficient (Wildman–Crippen LogP) is 1.40. The summed E-state index contributed by atoms with van der Waals surface area (Å²) in [5.74, 6) is -2.78. The molecule has 15 heavy (non-hydrogen) atoms. The monoisotopic (exact) mass is 233 g/mol. The Morgan fingerprint density at radius 2 is 2.20 bits per heavy atom. The lowest BCUT2D eigenvalue weighted by Gasteiger charge is -2.07. The number of rotatable bonds is 3. The maximum absolute atomic E-state index is 13.0. The van der Waals surface area contributed by atoms with Gasteiger partial charge in [0, 0.05) is 24.0 Å². The third kappa shape index (κ3) is 1.77. The van der Waals surface area contributed by atoms with Gasteiger partial charge in [0.15, 0.2) is 0 Å². The first-order valence-electron chi connectivity index (χ1n) is 4.62. The van der Waals surface area contributed by atoms with Gasteiger partial charge >= 0.3 is 0 Å². The first kappa shape index (κ1) is 10.9. The fourth-order valence-corrected chi connectivity index (χ4v) is 2.62. The van der Waals surface area contributed by atoms with Crippen molar-refractivity contribution in [3.63, 3.8) is 0 Å². The van der Waals surface area contributed by atoms with E-state index in [4.69, 9.17) is 5.73 Å². The molecule has 1 aliphatic carbocycles. The molecule has 1 atom stereocenters. The van der Waals surface area contributed by atoms with Crippen molar-refractivity contribution in [2.45, 2.75) is 24.4 Å². The highest BCUT2D eigenvalue weighted by Crippen LogP contribution is 2.58. The molecule has 2 N–H and O–H groups in total. The minimum atomic E-state index is -2.78. The van der Waals surface area contributed by atoms with Crippen LogP contribution in [0.15, 0.2) is 6.20 Å². The second-order valence-electron chi connectivity index (χ2n) is 4.22. The maximum Gasteiger partial charge on any atom is 0.274 e. The molecule has 1 aromatic heterocycles. The van der Waals surface area contributed by atoms with Gasteiger partial charge in [-0.15, -0.1) is 11.3 Å². The number of halogens is 2. The molecule has 1 unspecified atom stereocenters. The van der Waals surface area contributed by atoms with Crippen LogP contribution >= 0.6 is 11.3 Å². The summed E-state index contributed by atoms with van der Waals surface area (Å²) in [7, 11) is 3.84. The van der Waals surface area contributed by atoms with Crippen molar-refractivity contribution in [1.82, 2.24) is 9.88 Å². The van der Waals surface area contributed by atoms with Crippen molar-refractivity contribution in [3.8, 4) is 0 Å². The Morgan fingerprint density at radius 1 is 1.60 bits per heavy atom. The van der Waals surface area contributed by atoms with E-state index in [9.17, 15) is 8.78 Å². The van der Waals surface area contributed by atoms with E-state index in [1.165, 1.54) is 11.3 Å². The number of hydrogen-bond acceptors (Lipinski definition) is 4. The SMILES string of the molecule is CN(C)Cc1cnc(C2(N)CC2(F)F)s1. The Bertz CT molecular complexity index is 377. The van der Waals surface area contributed by atoms with Gasteiger partial charge in [-0.05, 0) is 14.1 Å². The lowest BCUT2D eigenvalue weighted by molar-refractivity contribution is 0.0890. The van der Waals surface area contributed by atoms with Gasteiger partial charge in [0.1, 0.15) is 10.5 Å². The molecular formula is C9H13F2N3S. The van der Waals surface area contributed by atoms with Gasteiger partial charge in [0.05, 0.1) is 0 Å². The summed E-state index contributed by atoms with van der Waals surface area (Å²) in [6.45, 7) is 0.708. The molecule has 84 valence electrons. The molecule has 0 radical (unpaired) electrons. The van der Waals surface area contributed by atoms with Crippen LogP contribution in [0.25, 0.3) is 0 Å². The van der Waals surface area contributed by atoms with E-state index >= 15 is 0 Å². The number of hydrogen-bond donors (Lipinski definition) is 1. The summed E-state index contributed by atoms with van der Waals surface area (Å²) >= 11 is 1.28. The van der Waals surface area contributed by atoms with Crippen LogP contribution in [-0.4, -0.2) is 29.9 Å². The fraction of sp³-hybridized carbons (Fsp3) is 0.667. The Morgan fingerprint density at radius 3 is 2.67 bits per heavy atom. The number of nitrogens with zero attached hydrogens (tertiary/aromatic N) is 2. The molecule has 1 saturated carbocycles. The van der Waals surface area contributed by atoms with Crippen molar-refractivity contribution in [2.75, 3.05) is 14.1 Å². The van der Waals surface area contributed by atoms with E-state index in [0.717, 1.165) is 4.88 Å². The molecule has 1 aromatic rings. The zero-order chi connectivity index (χ0) is 11.3. The second kappa shape index (κ2) is 3.20. The highest BCUT2D eigenvalue weighted by Gasteiger charge is 2.71. The second-order valence-corrected chi connectivity index (χ2v) is 5.34. The first-order chi connectivity index (χ1) is 6.85. The smallest absolute Gasteiger partial charge is 0.274 e. The molecule has 1 heterocycles. The van der Waals surface area contributed by atoms with Crippen molar-refractivity contribution in [3.05, 3.63) is 16.1 Å². The van der Waals surface area contributed by atoms with E-state index in [-0.39, 0.29) is 6.42 Å². The molecule has 3 nitrogen and oxygen atoms in total. The van der Waals surface area contributed by atoms with Gasteiger partial charge in [0.25, 0.3) is 5.92 Å². The number of thiazole rings is 1. The topological polar surface area (TPSA) is 42.2 Å². The van der Waals surface area contributed by atoms with Gasteiger partial charge in [-0.25, -0.2) is 13.8 Å². The molecule has 0 aromatic carbocycles. The summed E-state index contributed by atoms with van der Waals surface area (Å²) in [4.78, 5) is 6.91. The zero-order valence-corrected chi connectivity index (χ0v) is 9.44. The van der Waals surface area contributed by atoms with Crippen LogP contribution in [0.2, 0.25) is 0 Å². The van der Waals surface area contributed by atoms with Crippen LogP contribution in [0.3, 0.4) is 0 Å². The number of alkyl halides is 2. The van der Waals surface area contributed by atoms with Crippen LogP contribution in [0.4, 0.5) is 8.78 Å². The van der Waals surface area contributed by atoms with Crippen LogP contribution in [0, 0.1) is 0 Å². The van der Waals surface area contributed by atoms with Crippen LogP contribution in [0.1, 0.15) is 16.3 Å². The molecule has 0 spiro atoms. The molecular weight excluding hydrogens is 220 g/mol. The van der Waals surface area contributed by atoms with Gasteiger partial charge in [0.2, 0.25) is 0 Å². The first-order valence-corrected chi connectivity index (χ1v) is 5.43. The zero-order valence-electron chi connectivity index (χ0n) is 8.63. The number of nitrogens with two attached hydrogens (primary N) is 1. The van der Waals surface area contributed by atoms with Crippen molar-refractivity contribution in [1.29, 1.82) is 0 Å². The summed E-state index contributed by atoms with van der Waals surface area (Å²) < 4.78 is 25.9. The Hall–Kier alpha value is -0.590. The third-order valence-electron chi connectivity index (χ3n) is 2.44. The quantitative estimate of drug-likeness (QED) is 0.858. The third-order valence-corrected chi connectivity index (χ3v) is 3.60. The fourth-order valence-electron chi connectivity index (χ4n) is 1.44. The average Bonchev–Trinajstić information content (AvgIpc) is 2.45. The molecule has 0 bridgehead atoms. The summed E-state index contributed by atoms with van der Waals surface area (Å²) in [6, 6.07) is 0. The molecule has 2 rings (SSSR count). The van der Waals surface area contributed by atoms with E-state index < -0.39 is 11.5 Å². The highest BCUT2D eigenvalue weighted by molar-refractivity contribution is 7.11. The lowest BCUT2D eigenvalue weighted by atomic mass is 10.3. The van der Waals surface area contributed by atoms with E-state index in [1.807, 2.05) is 19.0 Å². The average molecular weight is 233 g/mol. The van der Waals surface area contributed by atoms with Crippen molar-refractivity contribution >= 4 is 11.3 Å². The van der Waals surface area contributed by atoms with Gasteiger partial charge in [-0.3, -0.25) is 0 Å². The van der Waals surface area contributed by atoms with Crippen molar-refractivity contribution in [2.24, 2.45) is 5.73 Å². The Kier molecular flexibility index (Phi) is 2.33. The Labute approximate surface area is 90.9 Å². The standard InChI is InChI=1S/C9H13F2N3S/c1-14(2)4-6-3-13-7(15-6)8(12)5-9(8,10)11/h3H,4-5,12H2,1-2H3. The van der Waals surface area contributed by atoms with Crippen LogP contribution in [-0.2, 0) is 12.1 Å². The minimum absolute atomic E-state index is 0.283.